The first-order chi connectivity index (χ1) is 35.4. The Morgan fingerprint density at radius 1 is 0.581 bits per heavy atom. The average Bonchev–Trinajstić information content (AvgIpc) is 4.00. The second-order valence-corrected chi connectivity index (χ2v) is 34.5. The number of imidazole rings is 2. The Morgan fingerprint density at radius 2 is 1.01 bits per heavy atom. The molecule has 396 valence electrons. The van der Waals surface area contributed by atoms with Crippen LogP contribution < -0.4 is 0 Å². The number of piperidine rings is 2. The lowest BCUT2D eigenvalue weighted by molar-refractivity contribution is 0.0777. The van der Waals surface area contributed by atoms with E-state index in [4.69, 9.17) is 75.3 Å². The fraction of sp³-hybridized carbons (Fsp3) is 0.429. The molecule has 2 amide bonds. The second kappa shape index (κ2) is 26.9. The van der Waals surface area contributed by atoms with Gasteiger partial charge < -0.3 is 37.9 Å². The summed E-state index contributed by atoms with van der Waals surface area (Å²) in [6.07, 6.45) is 6.59. The minimum Gasteiger partial charge on any atom is -0.445 e. The number of benzene rings is 4. The van der Waals surface area contributed by atoms with Gasteiger partial charge in [-0.3, -0.25) is 0 Å². The zero-order valence-electron chi connectivity index (χ0n) is 43.5. The van der Waals surface area contributed by atoms with Crippen LogP contribution in [0.3, 0.4) is 0 Å². The summed E-state index contributed by atoms with van der Waals surface area (Å²) in [5.74, 6) is 2.36. The molecule has 4 aromatic carbocycles. The Balaban J connectivity index is 0.000000216. The van der Waals surface area contributed by atoms with E-state index < -0.39 is 16.1 Å². The topological polar surface area (TPSA) is 113 Å². The van der Waals surface area contributed by atoms with Crippen LogP contribution in [0, 0.1) is 0 Å². The fourth-order valence-corrected chi connectivity index (χ4v) is 11.4. The van der Waals surface area contributed by atoms with Crippen molar-refractivity contribution in [3.63, 3.8) is 0 Å². The van der Waals surface area contributed by atoms with Crippen LogP contribution in [-0.2, 0) is 45.6 Å². The highest BCUT2D eigenvalue weighted by Gasteiger charge is 2.30. The highest BCUT2D eigenvalue weighted by Crippen LogP contribution is 2.35. The Hall–Kier alpha value is -4.65. The van der Waals surface area contributed by atoms with Crippen LogP contribution in [0.5, 0.6) is 0 Å². The number of carbonyl (C=O) groups is 2. The maximum atomic E-state index is 12.6. The first kappa shape index (κ1) is 57.1. The minimum atomic E-state index is -1.20. The van der Waals surface area contributed by atoms with E-state index in [0.29, 0.717) is 59.7 Å². The quantitative estimate of drug-likeness (QED) is 0.0618. The van der Waals surface area contributed by atoms with Crippen molar-refractivity contribution in [2.24, 2.45) is 0 Å². The number of ether oxygens (including phenoxy) is 4. The number of halogens is 4. The van der Waals surface area contributed by atoms with Crippen molar-refractivity contribution in [2.75, 3.05) is 39.4 Å². The van der Waals surface area contributed by atoms with Crippen LogP contribution in [0.15, 0.2) is 109 Å². The number of nitrogens with zero attached hydrogens (tertiary/aromatic N) is 6. The predicted molar refractivity (Wildman–Crippen MR) is 304 cm³/mol. The summed E-state index contributed by atoms with van der Waals surface area (Å²) in [5.41, 5.74) is 5.49. The smallest absolute Gasteiger partial charge is 0.410 e. The first-order valence-electron chi connectivity index (χ1n) is 25.5. The standard InChI is InChI=1S/2C28H35Cl2N3O3Si/c1-37(2,3)14-13-35-20-33-18-26(23-15-24(29)17-25(30)16-23)31-27(33)22-9-11-32(12-10-22)28(34)36-19-21-7-5-4-6-8-21;1-37(2,3)14-13-35-20-33-26(23-15-24(29)17-25(30)16-23)18-31-27(33)22-9-11-32(12-10-22)28(34)36-19-21-7-5-4-6-8-21/h2*4-8,15-18,22H,9-14,19-20H2,1-3H3. The number of hydrogen-bond donors (Lipinski definition) is 0. The van der Waals surface area contributed by atoms with Gasteiger partial charge in [0.15, 0.2) is 0 Å². The fourth-order valence-electron chi connectivity index (χ4n) is 8.82. The molecule has 0 spiro atoms. The van der Waals surface area contributed by atoms with Crippen LogP contribution in [0.4, 0.5) is 9.59 Å². The molecule has 0 atom stereocenters. The maximum Gasteiger partial charge on any atom is 0.410 e. The van der Waals surface area contributed by atoms with Crippen molar-refractivity contribution in [1.29, 1.82) is 0 Å². The number of aromatic nitrogens is 4. The van der Waals surface area contributed by atoms with E-state index in [1.54, 1.807) is 21.9 Å². The van der Waals surface area contributed by atoms with Gasteiger partial charge in [-0.1, -0.05) is 146 Å². The van der Waals surface area contributed by atoms with Gasteiger partial charge in [0.2, 0.25) is 0 Å². The molecule has 2 fully saturated rings. The molecule has 6 aromatic rings. The molecule has 0 bridgehead atoms. The van der Waals surface area contributed by atoms with Crippen molar-refractivity contribution in [2.45, 2.75) is 116 Å². The second-order valence-electron chi connectivity index (χ2n) is 21.5. The summed E-state index contributed by atoms with van der Waals surface area (Å²) >= 11 is 25.1. The number of hydrogen-bond acceptors (Lipinski definition) is 8. The third-order valence-corrected chi connectivity index (χ3v) is 17.4. The van der Waals surface area contributed by atoms with Gasteiger partial charge in [0.05, 0.1) is 17.6 Å². The number of rotatable bonds is 18. The van der Waals surface area contributed by atoms with Crippen molar-refractivity contribution >= 4 is 74.7 Å². The lowest BCUT2D eigenvalue weighted by Gasteiger charge is -2.31. The van der Waals surface area contributed by atoms with Gasteiger partial charge in [-0.15, -0.1) is 0 Å². The molecule has 12 nitrogen and oxygen atoms in total. The maximum absolute atomic E-state index is 12.6. The van der Waals surface area contributed by atoms with Gasteiger partial charge in [-0.2, -0.15) is 0 Å². The highest BCUT2D eigenvalue weighted by molar-refractivity contribution is 6.76. The molecule has 0 aliphatic carbocycles. The third kappa shape index (κ3) is 17.5. The number of amides is 2. The van der Waals surface area contributed by atoms with Gasteiger partial charge in [0.25, 0.3) is 0 Å². The van der Waals surface area contributed by atoms with E-state index >= 15 is 0 Å². The predicted octanol–water partition coefficient (Wildman–Crippen LogP) is 15.4. The molecule has 2 aliphatic heterocycles. The summed E-state index contributed by atoms with van der Waals surface area (Å²) in [5, 5.41) is 2.32. The monoisotopic (exact) mass is 1120 g/mol. The Kier molecular flexibility index (Phi) is 20.7. The Labute approximate surface area is 459 Å². The molecule has 2 aliphatic rings. The van der Waals surface area contributed by atoms with Crippen LogP contribution in [0.1, 0.15) is 60.3 Å². The summed E-state index contributed by atoms with van der Waals surface area (Å²) < 4.78 is 27.5. The normalized spacial score (nSPS) is 14.7. The minimum absolute atomic E-state index is 0.210. The SMILES string of the molecule is C[Si](C)(C)CCOCn1c(-c2cc(Cl)cc(Cl)c2)cnc1C1CCN(C(=O)OCc2ccccc2)CC1.C[Si](C)(C)CCOCn1cc(-c2cc(Cl)cc(Cl)c2)nc1C1CCN(C(=O)OCc2ccccc2)CC1. The summed E-state index contributed by atoms with van der Waals surface area (Å²) in [6, 6.07) is 32.7. The van der Waals surface area contributed by atoms with Crippen LogP contribution in [-0.4, -0.2) is 96.6 Å². The lowest BCUT2D eigenvalue weighted by atomic mass is 9.96. The molecule has 0 unspecified atom stereocenters. The molecule has 4 heterocycles. The largest absolute Gasteiger partial charge is 0.445 e. The van der Waals surface area contributed by atoms with Gasteiger partial charge >= 0.3 is 12.2 Å². The summed E-state index contributed by atoms with van der Waals surface area (Å²) in [7, 11) is -2.38. The van der Waals surface area contributed by atoms with Crippen LogP contribution in [0.2, 0.25) is 71.5 Å². The molecular weight excluding hydrogens is 1050 g/mol. The van der Waals surface area contributed by atoms with Gasteiger partial charge in [-0.25, -0.2) is 19.6 Å². The van der Waals surface area contributed by atoms with E-state index in [2.05, 4.69) is 48.4 Å². The molecule has 0 N–H and O–H groups in total. The molecule has 2 saturated heterocycles. The molecule has 0 saturated carbocycles. The summed E-state index contributed by atoms with van der Waals surface area (Å²) in [4.78, 5) is 38.7. The molecular formula is C56H70Cl4N6O6Si2. The van der Waals surface area contributed by atoms with E-state index in [1.807, 2.05) is 97.3 Å². The third-order valence-electron chi connectivity index (χ3n) is 13.1. The molecule has 8 rings (SSSR count). The average molecular weight is 1120 g/mol. The van der Waals surface area contributed by atoms with Gasteiger partial charge in [-0.05, 0) is 85.3 Å². The van der Waals surface area contributed by atoms with Crippen molar-refractivity contribution in [3.8, 4) is 22.5 Å². The Morgan fingerprint density at radius 3 is 1.47 bits per heavy atom. The van der Waals surface area contributed by atoms with E-state index in [-0.39, 0.29) is 37.2 Å². The van der Waals surface area contributed by atoms with Crippen LogP contribution in [0.25, 0.3) is 22.5 Å². The number of likely N-dealkylation sites (tertiary alicyclic amines) is 2. The lowest BCUT2D eigenvalue weighted by Crippen LogP contribution is -2.38. The molecule has 74 heavy (non-hydrogen) atoms. The highest BCUT2D eigenvalue weighted by atomic mass is 35.5. The zero-order valence-corrected chi connectivity index (χ0v) is 48.5. The van der Waals surface area contributed by atoms with E-state index in [1.165, 1.54) is 0 Å². The van der Waals surface area contributed by atoms with E-state index in [0.717, 1.165) is 96.3 Å². The zero-order chi connectivity index (χ0) is 52.8. The first-order valence-corrected chi connectivity index (χ1v) is 34.4. The van der Waals surface area contributed by atoms with Gasteiger partial charge in [0.1, 0.15) is 38.3 Å². The molecule has 18 heteroatoms. The van der Waals surface area contributed by atoms with Gasteiger partial charge in [0, 0.05) is 105 Å². The molecule has 2 aromatic heterocycles. The van der Waals surface area contributed by atoms with E-state index in [9.17, 15) is 9.59 Å². The molecule has 0 radical (unpaired) electrons. The van der Waals surface area contributed by atoms with Crippen molar-refractivity contribution < 1.29 is 28.5 Å². The Bertz CT molecular complexity index is 2640. The van der Waals surface area contributed by atoms with Crippen molar-refractivity contribution in [3.05, 3.63) is 152 Å². The van der Waals surface area contributed by atoms with Crippen LogP contribution >= 0.6 is 46.4 Å². The van der Waals surface area contributed by atoms with Crippen molar-refractivity contribution in [1.82, 2.24) is 28.9 Å². The summed E-state index contributed by atoms with van der Waals surface area (Å²) in [6.45, 7) is 19.4. The number of carbonyl (C=O) groups excluding carboxylic acids is 2.